The van der Waals surface area contributed by atoms with E-state index in [1.54, 1.807) is 0 Å². The van der Waals surface area contributed by atoms with Gasteiger partial charge < -0.3 is 0 Å². The van der Waals surface area contributed by atoms with Crippen LogP contribution in [0.2, 0.25) is 0 Å². The van der Waals surface area contributed by atoms with E-state index in [4.69, 9.17) is 0 Å². The first-order valence-electron chi connectivity index (χ1n) is 2.89. The standard InChI is InChI=1S/C8H7BrF/c1-5-3-6(2)8(9)7(10)4-5/h3-4H,1H2,2H3. The highest BCUT2D eigenvalue weighted by Crippen LogP contribution is 2.20. The number of hydrogen-bond acceptors (Lipinski definition) is 0. The van der Waals surface area contributed by atoms with Crippen molar-refractivity contribution >= 4 is 15.9 Å². The van der Waals surface area contributed by atoms with Crippen molar-refractivity contribution in [2.45, 2.75) is 6.92 Å². The average molecular weight is 202 g/mol. The number of benzene rings is 1. The van der Waals surface area contributed by atoms with Crippen molar-refractivity contribution in [3.8, 4) is 0 Å². The van der Waals surface area contributed by atoms with Crippen molar-refractivity contribution < 1.29 is 4.39 Å². The van der Waals surface area contributed by atoms with Gasteiger partial charge >= 0.3 is 0 Å². The molecule has 0 amide bonds. The highest BCUT2D eigenvalue weighted by atomic mass is 79.9. The van der Waals surface area contributed by atoms with E-state index in [0.717, 1.165) is 5.56 Å². The van der Waals surface area contributed by atoms with Gasteiger partial charge in [-0.3, -0.25) is 0 Å². The van der Waals surface area contributed by atoms with Gasteiger partial charge in [0.1, 0.15) is 5.82 Å². The van der Waals surface area contributed by atoms with Crippen LogP contribution in [0.4, 0.5) is 4.39 Å². The molecule has 0 aromatic heterocycles. The van der Waals surface area contributed by atoms with Crippen molar-refractivity contribution in [1.29, 1.82) is 0 Å². The normalized spacial score (nSPS) is 10.0. The second kappa shape index (κ2) is 2.70. The molecular weight excluding hydrogens is 195 g/mol. The lowest BCUT2D eigenvalue weighted by Crippen LogP contribution is -1.84. The zero-order valence-corrected chi connectivity index (χ0v) is 7.20. The van der Waals surface area contributed by atoms with Gasteiger partial charge in [-0.2, -0.15) is 0 Å². The van der Waals surface area contributed by atoms with Crippen LogP contribution in [-0.2, 0) is 0 Å². The van der Waals surface area contributed by atoms with Crippen LogP contribution < -0.4 is 0 Å². The van der Waals surface area contributed by atoms with E-state index in [1.165, 1.54) is 6.07 Å². The summed E-state index contributed by atoms with van der Waals surface area (Å²) in [6.07, 6.45) is 0. The van der Waals surface area contributed by atoms with Crippen LogP contribution in [0.3, 0.4) is 0 Å². The van der Waals surface area contributed by atoms with Gasteiger partial charge in [-0.1, -0.05) is 6.07 Å². The van der Waals surface area contributed by atoms with E-state index >= 15 is 0 Å². The minimum Gasteiger partial charge on any atom is -0.206 e. The molecule has 0 saturated heterocycles. The zero-order valence-electron chi connectivity index (χ0n) is 5.62. The minimum atomic E-state index is -0.245. The smallest absolute Gasteiger partial charge is 0.137 e. The third-order valence-corrected chi connectivity index (χ3v) is 2.27. The molecule has 2 heteroatoms. The Balaban J connectivity index is 3.31. The van der Waals surface area contributed by atoms with Crippen molar-refractivity contribution in [1.82, 2.24) is 0 Å². The summed E-state index contributed by atoms with van der Waals surface area (Å²) in [5, 5.41) is 0. The van der Waals surface area contributed by atoms with Gasteiger partial charge in [0.15, 0.2) is 0 Å². The third-order valence-electron chi connectivity index (χ3n) is 1.27. The highest BCUT2D eigenvalue weighted by molar-refractivity contribution is 9.10. The summed E-state index contributed by atoms with van der Waals surface area (Å²) in [6.45, 7) is 5.46. The molecule has 53 valence electrons. The van der Waals surface area contributed by atoms with Gasteiger partial charge in [0.05, 0.1) is 4.47 Å². The van der Waals surface area contributed by atoms with Crippen LogP contribution in [0, 0.1) is 19.7 Å². The molecule has 0 aliphatic heterocycles. The molecule has 1 radical (unpaired) electrons. The quantitative estimate of drug-likeness (QED) is 0.606. The Kier molecular flexibility index (Phi) is 2.09. The molecule has 0 nitrogen and oxygen atoms in total. The summed E-state index contributed by atoms with van der Waals surface area (Å²) in [4.78, 5) is 0. The van der Waals surface area contributed by atoms with Crippen molar-refractivity contribution in [2.75, 3.05) is 0 Å². The van der Waals surface area contributed by atoms with E-state index < -0.39 is 0 Å². The summed E-state index contributed by atoms with van der Waals surface area (Å²) >= 11 is 3.11. The van der Waals surface area contributed by atoms with Gasteiger partial charge in [0, 0.05) is 0 Å². The predicted octanol–water partition coefficient (Wildman–Crippen LogP) is 3.08. The summed E-state index contributed by atoms with van der Waals surface area (Å²) in [7, 11) is 0. The first-order chi connectivity index (χ1) is 4.61. The first kappa shape index (κ1) is 7.73. The molecule has 0 spiro atoms. The van der Waals surface area contributed by atoms with Gasteiger partial charge in [-0.05, 0) is 47.0 Å². The Bertz CT molecular complexity index is 232. The fraction of sp³-hybridized carbons (Fsp3) is 0.125. The molecule has 0 aliphatic carbocycles. The number of rotatable bonds is 0. The Labute approximate surface area is 68.2 Å². The average Bonchev–Trinajstić information content (AvgIpc) is 1.82. The molecule has 0 fully saturated rings. The van der Waals surface area contributed by atoms with Crippen LogP contribution in [0.25, 0.3) is 0 Å². The maximum atomic E-state index is 12.8. The fourth-order valence-electron chi connectivity index (χ4n) is 0.798. The molecule has 1 rings (SSSR count). The van der Waals surface area contributed by atoms with Crippen LogP contribution in [0.15, 0.2) is 16.6 Å². The summed E-state index contributed by atoms with van der Waals surface area (Å²) in [6, 6.07) is 3.23. The van der Waals surface area contributed by atoms with E-state index in [2.05, 4.69) is 22.9 Å². The van der Waals surface area contributed by atoms with E-state index in [-0.39, 0.29) is 5.82 Å². The van der Waals surface area contributed by atoms with Gasteiger partial charge in [-0.25, -0.2) is 4.39 Å². The van der Waals surface area contributed by atoms with Crippen LogP contribution in [0.1, 0.15) is 11.1 Å². The predicted molar refractivity (Wildman–Crippen MR) is 43.3 cm³/mol. The van der Waals surface area contributed by atoms with Crippen molar-refractivity contribution in [3.05, 3.63) is 40.5 Å². The van der Waals surface area contributed by atoms with Crippen LogP contribution >= 0.6 is 15.9 Å². The maximum absolute atomic E-state index is 12.8. The Morgan fingerprint density at radius 2 is 2.10 bits per heavy atom. The molecular formula is C8H7BrF. The Morgan fingerprint density at radius 1 is 1.50 bits per heavy atom. The van der Waals surface area contributed by atoms with E-state index in [1.807, 2.05) is 13.0 Å². The molecule has 10 heavy (non-hydrogen) atoms. The molecule has 1 aromatic rings. The number of hydrogen-bond donors (Lipinski definition) is 0. The largest absolute Gasteiger partial charge is 0.206 e. The van der Waals surface area contributed by atoms with Crippen molar-refractivity contribution in [3.63, 3.8) is 0 Å². The van der Waals surface area contributed by atoms with Crippen LogP contribution in [-0.4, -0.2) is 0 Å². The first-order valence-corrected chi connectivity index (χ1v) is 3.68. The minimum absolute atomic E-state index is 0.245. The summed E-state index contributed by atoms with van der Waals surface area (Å²) in [5.41, 5.74) is 1.59. The fourth-order valence-corrected chi connectivity index (χ4v) is 1.03. The van der Waals surface area contributed by atoms with Crippen molar-refractivity contribution in [2.24, 2.45) is 0 Å². The molecule has 0 N–H and O–H groups in total. The molecule has 0 aliphatic rings. The molecule has 0 saturated carbocycles. The summed E-state index contributed by atoms with van der Waals surface area (Å²) < 4.78 is 13.3. The lowest BCUT2D eigenvalue weighted by Gasteiger charge is -2.00. The zero-order chi connectivity index (χ0) is 7.72. The van der Waals surface area contributed by atoms with Gasteiger partial charge in [-0.15, -0.1) is 0 Å². The second-order valence-electron chi connectivity index (χ2n) is 2.21. The molecule has 0 bridgehead atoms. The molecule has 0 heterocycles. The summed E-state index contributed by atoms with van der Waals surface area (Å²) in [5.74, 6) is -0.245. The topological polar surface area (TPSA) is 0 Å². The highest BCUT2D eigenvalue weighted by Gasteiger charge is 2.01. The molecule has 0 unspecified atom stereocenters. The Hall–Kier alpha value is -0.370. The molecule has 0 atom stereocenters. The van der Waals surface area contributed by atoms with Crippen LogP contribution in [0.5, 0.6) is 0 Å². The molecule has 1 aromatic carbocycles. The third kappa shape index (κ3) is 1.37. The lowest BCUT2D eigenvalue weighted by molar-refractivity contribution is 0.619. The maximum Gasteiger partial charge on any atom is 0.137 e. The monoisotopic (exact) mass is 201 g/mol. The SMILES string of the molecule is [CH2]c1cc(C)c(Br)c(F)c1. The van der Waals surface area contributed by atoms with E-state index in [9.17, 15) is 4.39 Å². The Morgan fingerprint density at radius 3 is 2.60 bits per heavy atom. The number of aryl methyl sites for hydroxylation is 1. The van der Waals surface area contributed by atoms with Gasteiger partial charge in [0.25, 0.3) is 0 Å². The van der Waals surface area contributed by atoms with Gasteiger partial charge in [0.2, 0.25) is 0 Å². The number of halogens is 2. The second-order valence-corrected chi connectivity index (χ2v) is 3.00. The van der Waals surface area contributed by atoms with E-state index in [0.29, 0.717) is 10.0 Å². The lowest BCUT2D eigenvalue weighted by atomic mass is 10.1.